The molecule has 0 aliphatic rings. The maximum atomic E-state index is 11.8. The second-order valence-electron chi connectivity index (χ2n) is 7.35. The highest BCUT2D eigenvalue weighted by Gasteiger charge is 2.15. The van der Waals surface area contributed by atoms with Crippen molar-refractivity contribution in [2.75, 3.05) is 0 Å². The largest absolute Gasteiger partial charge is 0.478 e. The number of carbonyl (C=O) groups is 2. The maximum Gasteiger partial charge on any atom is 0.335 e. The second kappa shape index (κ2) is 9.20. The lowest BCUT2D eigenvalue weighted by atomic mass is 10.1. The lowest BCUT2D eigenvalue weighted by molar-refractivity contribution is 0.0686. The van der Waals surface area contributed by atoms with Crippen molar-refractivity contribution in [2.24, 2.45) is 0 Å². The standard InChI is InChI=1S/C25H15N5O4S/c31-24(32)15-4-6-28-18(10-15)20-12-16(25(33)34)11-19(30-20)17-9-14(3-5-27-17)22-1-2-23(35-22)21-13-26-7-8-29-21/h1-13H,(H,31,32)(H,33,34). The van der Waals surface area contributed by atoms with Crippen LogP contribution < -0.4 is 0 Å². The number of aromatic carboxylic acids is 2. The van der Waals surface area contributed by atoms with Gasteiger partial charge in [-0.15, -0.1) is 11.3 Å². The highest BCUT2D eigenvalue weighted by atomic mass is 32.1. The molecule has 0 saturated heterocycles. The first kappa shape index (κ1) is 22.0. The fourth-order valence-corrected chi connectivity index (χ4v) is 4.36. The summed E-state index contributed by atoms with van der Waals surface area (Å²) in [4.78, 5) is 46.6. The maximum absolute atomic E-state index is 11.8. The SMILES string of the molecule is O=C(O)c1ccnc(-c2cc(C(=O)O)cc(-c3cc(-c4ccc(-c5cnccn5)s4)ccn3)n2)c1. The Labute approximate surface area is 202 Å². The summed E-state index contributed by atoms with van der Waals surface area (Å²) in [6.07, 6.45) is 7.93. The molecule has 0 aliphatic carbocycles. The van der Waals surface area contributed by atoms with E-state index in [2.05, 4.69) is 24.9 Å². The molecular formula is C25H15N5O4S. The van der Waals surface area contributed by atoms with Gasteiger partial charge in [-0.2, -0.15) is 0 Å². The minimum absolute atomic E-state index is 0.0132. The molecule has 5 heterocycles. The van der Waals surface area contributed by atoms with Crippen molar-refractivity contribution in [3.8, 4) is 43.8 Å². The highest BCUT2D eigenvalue weighted by Crippen LogP contribution is 2.34. The third-order valence-electron chi connectivity index (χ3n) is 5.07. The van der Waals surface area contributed by atoms with Crippen LogP contribution in [0.3, 0.4) is 0 Å². The fourth-order valence-electron chi connectivity index (χ4n) is 3.40. The summed E-state index contributed by atoms with van der Waals surface area (Å²) in [6, 6.07) is 13.1. The molecule has 2 N–H and O–H groups in total. The number of pyridine rings is 3. The van der Waals surface area contributed by atoms with Gasteiger partial charge in [0, 0.05) is 29.7 Å². The Morgan fingerprint density at radius 1 is 0.629 bits per heavy atom. The first-order valence-corrected chi connectivity index (χ1v) is 11.1. The van der Waals surface area contributed by atoms with Crippen molar-refractivity contribution in [1.29, 1.82) is 0 Å². The Balaban J connectivity index is 1.56. The van der Waals surface area contributed by atoms with Gasteiger partial charge in [-0.05, 0) is 54.1 Å². The zero-order valence-electron chi connectivity index (χ0n) is 17.9. The second-order valence-corrected chi connectivity index (χ2v) is 8.43. The number of carboxylic acids is 2. The average molecular weight is 481 g/mol. The Morgan fingerprint density at radius 3 is 1.94 bits per heavy atom. The topological polar surface area (TPSA) is 139 Å². The first-order valence-electron chi connectivity index (χ1n) is 10.3. The van der Waals surface area contributed by atoms with E-state index in [4.69, 9.17) is 0 Å². The molecule has 5 aromatic rings. The van der Waals surface area contributed by atoms with Gasteiger partial charge in [0.25, 0.3) is 0 Å². The number of aromatic nitrogens is 5. The Morgan fingerprint density at radius 2 is 1.26 bits per heavy atom. The minimum Gasteiger partial charge on any atom is -0.478 e. The third-order valence-corrected chi connectivity index (χ3v) is 6.23. The van der Waals surface area contributed by atoms with Gasteiger partial charge in [0.1, 0.15) is 0 Å². The number of hydrogen-bond acceptors (Lipinski definition) is 8. The summed E-state index contributed by atoms with van der Waals surface area (Å²) in [6.45, 7) is 0. The van der Waals surface area contributed by atoms with Gasteiger partial charge in [-0.3, -0.25) is 19.9 Å². The van der Waals surface area contributed by atoms with Crippen LogP contribution in [0.1, 0.15) is 20.7 Å². The molecule has 0 atom stereocenters. The summed E-state index contributed by atoms with van der Waals surface area (Å²) in [7, 11) is 0. The molecule has 10 heteroatoms. The third kappa shape index (κ3) is 4.63. The monoisotopic (exact) mass is 481 g/mol. The van der Waals surface area contributed by atoms with Crippen molar-refractivity contribution < 1.29 is 19.8 Å². The van der Waals surface area contributed by atoms with E-state index in [0.717, 1.165) is 21.0 Å². The molecule has 5 rings (SSSR count). The summed E-state index contributed by atoms with van der Waals surface area (Å²) >= 11 is 1.54. The van der Waals surface area contributed by atoms with Gasteiger partial charge in [0.15, 0.2) is 0 Å². The van der Waals surface area contributed by atoms with Crippen molar-refractivity contribution in [3.05, 3.63) is 90.6 Å². The van der Waals surface area contributed by atoms with E-state index in [1.54, 1.807) is 36.1 Å². The van der Waals surface area contributed by atoms with E-state index in [-0.39, 0.29) is 22.5 Å². The molecule has 0 amide bonds. The quantitative estimate of drug-likeness (QED) is 0.350. The molecule has 0 fully saturated rings. The smallest absolute Gasteiger partial charge is 0.335 e. The summed E-state index contributed by atoms with van der Waals surface area (Å²) < 4.78 is 0. The lowest BCUT2D eigenvalue weighted by Crippen LogP contribution is -2.02. The Bertz CT molecular complexity index is 1570. The molecule has 5 aromatic heterocycles. The number of thiophene rings is 1. The summed E-state index contributed by atoms with van der Waals surface area (Å²) in [5.41, 5.74) is 2.94. The van der Waals surface area contributed by atoms with Gasteiger partial charge in [0.05, 0.1) is 50.7 Å². The van der Waals surface area contributed by atoms with Crippen molar-refractivity contribution >= 4 is 23.3 Å². The van der Waals surface area contributed by atoms with Crippen LogP contribution in [-0.4, -0.2) is 47.1 Å². The van der Waals surface area contributed by atoms with E-state index in [1.807, 2.05) is 24.3 Å². The van der Waals surface area contributed by atoms with Gasteiger partial charge in [-0.25, -0.2) is 14.6 Å². The van der Waals surface area contributed by atoms with Crippen LogP contribution in [-0.2, 0) is 0 Å². The molecule has 170 valence electrons. The van der Waals surface area contributed by atoms with Crippen molar-refractivity contribution in [1.82, 2.24) is 24.9 Å². The van der Waals surface area contributed by atoms with Gasteiger partial charge in [-0.1, -0.05) is 0 Å². The van der Waals surface area contributed by atoms with Crippen molar-refractivity contribution in [2.45, 2.75) is 0 Å². The lowest BCUT2D eigenvalue weighted by Gasteiger charge is -2.08. The van der Waals surface area contributed by atoms with Crippen molar-refractivity contribution in [3.63, 3.8) is 0 Å². The van der Waals surface area contributed by atoms with E-state index in [9.17, 15) is 19.8 Å². The van der Waals surface area contributed by atoms with Crippen LogP contribution in [0.2, 0.25) is 0 Å². The Hall–Kier alpha value is -4.83. The van der Waals surface area contributed by atoms with E-state index >= 15 is 0 Å². The van der Waals surface area contributed by atoms with Gasteiger partial charge in [0.2, 0.25) is 0 Å². The molecule has 0 radical (unpaired) electrons. The molecular weight excluding hydrogens is 466 g/mol. The van der Waals surface area contributed by atoms with Crippen LogP contribution in [0.15, 0.2) is 79.5 Å². The molecule has 35 heavy (non-hydrogen) atoms. The van der Waals surface area contributed by atoms with Gasteiger partial charge >= 0.3 is 11.9 Å². The molecule has 0 aliphatic heterocycles. The summed E-state index contributed by atoms with van der Waals surface area (Å²) in [5.74, 6) is -2.26. The molecule has 0 aromatic carbocycles. The fraction of sp³-hybridized carbons (Fsp3) is 0. The normalized spacial score (nSPS) is 10.7. The van der Waals surface area contributed by atoms with E-state index in [0.29, 0.717) is 11.4 Å². The molecule has 9 nitrogen and oxygen atoms in total. The molecule has 0 bridgehead atoms. The zero-order chi connectivity index (χ0) is 24.4. The molecule has 0 saturated carbocycles. The van der Waals surface area contributed by atoms with Crippen LogP contribution in [0.4, 0.5) is 0 Å². The van der Waals surface area contributed by atoms with E-state index < -0.39 is 11.9 Å². The number of nitrogens with zero attached hydrogens (tertiary/aromatic N) is 5. The number of hydrogen-bond donors (Lipinski definition) is 2. The predicted octanol–water partition coefficient (Wildman–Crippen LogP) is 4.79. The first-order chi connectivity index (χ1) is 17.0. The Kier molecular flexibility index (Phi) is 5.78. The van der Waals surface area contributed by atoms with Gasteiger partial charge < -0.3 is 10.2 Å². The number of rotatable bonds is 6. The van der Waals surface area contributed by atoms with Crippen LogP contribution in [0.5, 0.6) is 0 Å². The molecule has 0 spiro atoms. The molecule has 0 unspecified atom stereocenters. The highest BCUT2D eigenvalue weighted by molar-refractivity contribution is 7.18. The van der Waals surface area contributed by atoms with E-state index in [1.165, 1.54) is 30.5 Å². The minimum atomic E-state index is -1.15. The average Bonchev–Trinajstić information content (AvgIpc) is 3.40. The zero-order valence-corrected chi connectivity index (χ0v) is 18.7. The number of carboxylic acid groups (broad SMARTS) is 2. The van der Waals surface area contributed by atoms with Crippen LogP contribution in [0.25, 0.3) is 43.8 Å². The summed E-state index contributed by atoms with van der Waals surface area (Å²) in [5, 5.41) is 18.9. The predicted molar refractivity (Wildman–Crippen MR) is 129 cm³/mol. The van der Waals surface area contributed by atoms with Crippen LogP contribution >= 0.6 is 11.3 Å². The van der Waals surface area contributed by atoms with Crippen LogP contribution in [0, 0.1) is 0 Å².